The van der Waals surface area contributed by atoms with E-state index in [1.165, 1.54) is 0 Å². The van der Waals surface area contributed by atoms with Gasteiger partial charge in [-0.15, -0.1) is 0 Å². The third-order valence-electron chi connectivity index (χ3n) is 5.63. The summed E-state index contributed by atoms with van der Waals surface area (Å²) in [6, 6.07) is 16.6. The average molecular weight is 459 g/mol. The van der Waals surface area contributed by atoms with E-state index in [1.807, 2.05) is 31.3 Å². The maximum atomic E-state index is 12.9. The maximum absolute atomic E-state index is 12.9. The van der Waals surface area contributed by atoms with Gasteiger partial charge in [0.15, 0.2) is 5.69 Å². The van der Waals surface area contributed by atoms with Crippen LogP contribution >= 0.6 is 23.2 Å². The first-order chi connectivity index (χ1) is 14.9. The van der Waals surface area contributed by atoms with Gasteiger partial charge in [0.25, 0.3) is 5.91 Å². The second kappa shape index (κ2) is 9.40. The first-order valence-electron chi connectivity index (χ1n) is 10.2. The molecule has 8 heteroatoms. The van der Waals surface area contributed by atoms with E-state index in [0.717, 1.165) is 29.9 Å². The molecule has 1 aliphatic rings. The number of piperidine rings is 1. The summed E-state index contributed by atoms with van der Waals surface area (Å²) in [6.07, 6.45) is 1.09. The maximum Gasteiger partial charge on any atom is 0.271 e. The summed E-state index contributed by atoms with van der Waals surface area (Å²) in [7, 11) is 2.01. The highest BCUT2D eigenvalue weighted by molar-refractivity contribution is 6.30. The van der Waals surface area contributed by atoms with Crippen molar-refractivity contribution in [3.63, 3.8) is 0 Å². The normalized spacial score (nSPS) is 19.4. The monoisotopic (exact) mass is 458 g/mol. The van der Waals surface area contributed by atoms with Crippen molar-refractivity contribution in [3.05, 3.63) is 70.3 Å². The number of nitrogens with zero attached hydrogens (tertiary/aromatic N) is 3. The molecule has 2 unspecified atom stereocenters. The number of carbonyl (C=O) groups excluding carboxylic acids is 1. The second-order valence-electron chi connectivity index (χ2n) is 7.83. The molecular weight excluding hydrogens is 435 g/mol. The lowest BCUT2D eigenvalue weighted by molar-refractivity contribution is 0.0539. The first-order valence-corrected chi connectivity index (χ1v) is 10.9. The molecule has 0 radical (unpaired) electrons. The molecule has 0 aliphatic carbocycles. The van der Waals surface area contributed by atoms with Crippen LogP contribution in [-0.4, -0.2) is 58.0 Å². The fourth-order valence-electron chi connectivity index (χ4n) is 3.78. The largest absolute Gasteiger partial charge is 0.393 e. The Bertz CT molecular complexity index is 987. The van der Waals surface area contributed by atoms with E-state index in [4.69, 9.17) is 23.2 Å². The summed E-state index contributed by atoms with van der Waals surface area (Å²) in [5.74, 6) is -0.253. The van der Waals surface area contributed by atoms with E-state index >= 15 is 0 Å². The Balaban J connectivity index is 1.60. The van der Waals surface area contributed by atoms with Crippen LogP contribution in [0.5, 0.6) is 0 Å². The summed E-state index contributed by atoms with van der Waals surface area (Å²) in [5.41, 5.74) is 2.78. The number of benzene rings is 2. The molecular formula is C23H24Cl2N4O2. The summed E-state index contributed by atoms with van der Waals surface area (Å²) in [6.45, 7) is 1.27. The third kappa shape index (κ3) is 5.10. The van der Waals surface area contributed by atoms with Gasteiger partial charge in [0.05, 0.1) is 17.5 Å². The summed E-state index contributed by atoms with van der Waals surface area (Å²) in [5, 5.41) is 18.7. The van der Waals surface area contributed by atoms with E-state index < -0.39 is 0 Å². The van der Waals surface area contributed by atoms with E-state index in [2.05, 4.69) is 15.3 Å². The van der Waals surface area contributed by atoms with Crippen LogP contribution in [0.4, 0.5) is 0 Å². The minimum Gasteiger partial charge on any atom is -0.393 e. The Hall–Kier alpha value is -2.38. The molecule has 0 spiro atoms. The molecule has 0 saturated carbocycles. The van der Waals surface area contributed by atoms with Crippen LogP contribution in [0.1, 0.15) is 23.3 Å². The van der Waals surface area contributed by atoms with Gasteiger partial charge in [-0.05, 0) is 62.4 Å². The van der Waals surface area contributed by atoms with Gasteiger partial charge in [0.2, 0.25) is 0 Å². The Kier molecular flexibility index (Phi) is 6.62. The number of carbonyl (C=O) groups is 1. The Morgan fingerprint density at radius 1 is 1.13 bits per heavy atom. The summed E-state index contributed by atoms with van der Waals surface area (Å²) >= 11 is 12.1. The highest BCUT2D eigenvalue weighted by atomic mass is 35.5. The van der Waals surface area contributed by atoms with Gasteiger partial charge in [-0.1, -0.05) is 35.3 Å². The number of hydrogen-bond acceptors (Lipinski definition) is 4. The number of amides is 1. The van der Waals surface area contributed by atoms with Crippen LogP contribution in [0.3, 0.4) is 0 Å². The van der Waals surface area contributed by atoms with Gasteiger partial charge < -0.3 is 15.3 Å². The van der Waals surface area contributed by atoms with Crippen LogP contribution in [0.2, 0.25) is 10.0 Å². The number of halogens is 2. The van der Waals surface area contributed by atoms with Crippen LogP contribution < -0.4 is 5.32 Å². The molecule has 1 fully saturated rings. The fraction of sp³-hybridized carbons (Fsp3) is 0.304. The van der Waals surface area contributed by atoms with Crippen molar-refractivity contribution in [1.29, 1.82) is 0 Å². The molecule has 1 saturated heterocycles. The Morgan fingerprint density at radius 3 is 2.45 bits per heavy atom. The number of rotatable bonds is 5. The lowest BCUT2D eigenvalue weighted by Gasteiger charge is -2.35. The highest BCUT2D eigenvalue weighted by Crippen LogP contribution is 2.26. The molecule has 31 heavy (non-hydrogen) atoms. The number of hydrogen-bond donors (Lipinski definition) is 2. The number of nitrogens with one attached hydrogen (secondary N) is 1. The molecule has 3 aromatic rings. The third-order valence-corrected chi connectivity index (χ3v) is 6.14. The number of likely N-dealkylation sites (N-methyl/N-ethyl adjacent to an activating group) is 1. The van der Waals surface area contributed by atoms with Crippen LogP contribution in [0.15, 0.2) is 54.6 Å². The highest BCUT2D eigenvalue weighted by Gasteiger charge is 2.25. The van der Waals surface area contributed by atoms with Crippen molar-refractivity contribution < 1.29 is 9.90 Å². The first kappa shape index (κ1) is 21.8. The van der Waals surface area contributed by atoms with E-state index in [-0.39, 0.29) is 18.1 Å². The molecule has 2 atom stereocenters. The van der Waals surface area contributed by atoms with Gasteiger partial charge in [-0.3, -0.25) is 4.79 Å². The number of aliphatic hydroxyl groups excluding tert-OH is 1. The van der Waals surface area contributed by atoms with Crippen LogP contribution in [-0.2, 0) is 0 Å². The Morgan fingerprint density at radius 2 is 1.77 bits per heavy atom. The summed E-state index contributed by atoms with van der Waals surface area (Å²) in [4.78, 5) is 15.1. The minimum atomic E-state index is -0.321. The second-order valence-corrected chi connectivity index (χ2v) is 8.71. The van der Waals surface area contributed by atoms with Gasteiger partial charge in [0.1, 0.15) is 0 Å². The van der Waals surface area contributed by atoms with Gasteiger partial charge in [-0.2, -0.15) is 5.10 Å². The van der Waals surface area contributed by atoms with E-state index in [1.54, 1.807) is 35.0 Å². The van der Waals surface area contributed by atoms with Crippen LogP contribution in [0, 0.1) is 0 Å². The van der Waals surface area contributed by atoms with Crippen molar-refractivity contribution in [2.45, 2.75) is 25.0 Å². The zero-order valence-electron chi connectivity index (χ0n) is 17.1. The molecule has 2 heterocycles. The zero-order valence-corrected chi connectivity index (χ0v) is 18.6. The lowest BCUT2D eigenvalue weighted by Crippen LogP contribution is -2.48. The van der Waals surface area contributed by atoms with Gasteiger partial charge in [0, 0.05) is 34.7 Å². The van der Waals surface area contributed by atoms with Crippen molar-refractivity contribution in [1.82, 2.24) is 20.0 Å². The standard InChI is InChI=1S/C23H24Cl2N4O2/c1-28-11-10-20(30)12-19(28)14-26-23(31)21-13-22(15-2-4-16(24)5-3-15)29(27-21)18-8-6-17(25)7-9-18/h2-9,13,19-20,30H,10-12,14H2,1H3,(H,26,31). The Labute approximate surface area is 191 Å². The zero-order chi connectivity index (χ0) is 22.0. The quantitative estimate of drug-likeness (QED) is 0.605. The molecule has 1 aromatic heterocycles. The molecule has 6 nitrogen and oxygen atoms in total. The molecule has 4 rings (SSSR count). The fourth-order valence-corrected chi connectivity index (χ4v) is 4.04. The van der Waals surface area contributed by atoms with Crippen LogP contribution in [0.25, 0.3) is 16.9 Å². The van der Waals surface area contributed by atoms with Crippen molar-refractivity contribution in [2.75, 3.05) is 20.1 Å². The average Bonchev–Trinajstić information content (AvgIpc) is 3.21. The topological polar surface area (TPSA) is 70.4 Å². The van der Waals surface area contributed by atoms with Gasteiger partial charge >= 0.3 is 0 Å². The molecule has 0 bridgehead atoms. The smallest absolute Gasteiger partial charge is 0.271 e. The molecule has 162 valence electrons. The van der Waals surface area contributed by atoms with E-state index in [0.29, 0.717) is 28.7 Å². The van der Waals surface area contributed by atoms with Crippen molar-refractivity contribution >= 4 is 29.1 Å². The van der Waals surface area contributed by atoms with E-state index in [9.17, 15) is 9.90 Å². The number of aromatic nitrogens is 2. The predicted octanol–water partition coefficient (Wildman–Crippen LogP) is 4.03. The molecule has 2 N–H and O–H groups in total. The molecule has 2 aromatic carbocycles. The molecule has 1 amide bonds. The number of aliphatic hydroxyl groups is 1. The van der Waals surface area contributed by atoms with Gasteiger partial charge in [-0.25, -0.2) is 4.68 Å². The van der Waals surface area contributed by atoms with Crippen molar-refractivity contribution in [2.24, 2.45) is 0 Å². The number of likely N-dealkylation sites (tertiary alicyclic amines) is 1. The lowest BCUT2D eigenvalue weighted by atomic mass is 10.00. The summed E-state index contributed by atoms with van der Waals surface area (Å²) < 4.78 is 1.73. The molecule has 1 aliphatic heterocycles. The minimum absolute atomic E-state index is 0.0989. The van der Waals surface area contributed by atoms with Crippen molar-refractivity contribution in [3.8, 4) is 16.9 Å². The predicted molar refractivity (Wildman–Crippen MR) is 123 cm³/mol. The SMILES string of the molecule is CN1CCC(O)CC1CNC(=O)c1cc(-c2ccc(Cl)cc2)n(-c2ccc(Cl)cc2)n1.